The van der Waals surface area contributed by atoms with Gasteiger partial charge in [-0.1, -0.05) is 13.3 Å². The Kier molecular flexibility index (Phi) is 3.93. The Labute approximate surface area is 96.1 Å². The van der Waals surface area contributed by atoms with E-state index in [-0.39, 0.29) is 10.7 Å². The Balaban J connectivity index is 2.97. The Bertz CT molecular complexity index is 452. The molecule has 0 atom stereocenters. The summed E-state index contributed by atoms with van der Waals surface area (Å²) >= 11 is 0. The van der Waals surface area contributed by atoms with Gasteiger partial charge in [0.15, 0.2) is 5.82 Å². The Morgan fingerprint density at radius 1 is 1.56 bits per heavy atom. The summed E-state index contributed by atoms with van der Waals surface area (Å²) in [6, 6.07) is 0. The molecule has 92 valence electrons. The lowest BCUT2D eigenvalue weighted by atomic mass is 10.3. The molecular weight excluding hydrogens is 228 g/mol. The number of unbranched alkanes of at least 4 members (excludes halogenated alkanes) is 1. The van der Waals surface area contributed by atoms with Crippen molar-refractivity contribution in [1.82, 2.24) is 14.1 Å². The standard InChI is InChI=1S/C9H18N4O2S/c1-4-5-6-13(3)16(14,15)8-7-12(2)11-9(8)10/h7H,4-6H2,1-3H3,(H2,10,11). The van der Waals surface area contributed by atoms with E-state index >= 15 is 0 Å². The number of hydrogen-bond donors (Lipinski definition) is 1. The smallest absolute Gasteiger partial charge is 0.248 e. The first-order chi connectivity index (χ1) is 7.39. The van der Waals surface area contributed by atoms with E-state index in [9.17, 15) is 8.42 Å². The highest BCUT2D eigenvalue weighted by atomic mass is 32.2. The first-order valence-corrected chi connectivity index (χ1v) is 6.59. The van der Waals surface area contributed by atoms with Crippen molar-refractivity contribution in [2.45, 2.75) is 24.7 Å². The molecule has 0 saturated heterocycles. The molecular formula is C9H18N4O2S. The van der Waals surface area contributed by atoms with Crippen LogP contribution in [0.2, 0.25) is 0 Å². The number of nitrogens with zero attached hydrogens (tertiary/aromatic N) is 3. The number of nitrogens with two attached hydrogens (primary N) is 1. The van der Waals surface area contributed by atoms with E-state index in [1.54, 1.807) is 14.1 Å². The van der Waals surface area contributed by atoms with Crippen molar-refractivity contribution in [3.63, 3.8) is 0 Å². The number of sulfonamides is 1. The van der Waals surface area contributed by atoms with Gasteiger partial charge >= 0.3 is 0 Å². The molecule has 0 amide bonds. The summed E-state index contributed by atoms with van der Waals surface area (Å²) in [5, 5.41) is 3.83. The summed E-state index contributed by atoms with van der Waals surface area (Å²) < 4.78 is 26.8. The summed E-state index contributed by atoms with van der Waals surface area (Å²) in [5.74, 6) is 0.0471. The average Bonchev–Trinajstić information content (AvgIpc) is 2.54. The van der Waals surface area contributed by atoms with Crippen molar-refractivity contribution in [2.75, 3.05) is 19.3 Å². The van der Waals surface area contributed by atoms with Crippen molar-refractivity contribution in [2.24, 2.45) is 7.05 Å². The molecule has 6 nitrogen and oxygen atoms in total. The maximum Gasteiger partial charge on any atom is 0.248 e. The van der Waals surface area contributed by atoms with Gasteiger partial charge in [0.1, 0.15) is 4.90 Å². The van der Waals surface area contributed by atoms with Crippen LogP contribution in [0.25, 0.3) is 0 Å². The molecule has 0 aromatic carbocycles. The third kappa shape index (κ3) is 2.53. The lowest BCUT2D eigenvalue weighted by molar-refractivity contribution is 0.459. The predicted octanol–water partition coefficient (Wildman–Crippen LogP) is 0.423. The number of hydrogen-bond acceptors (Lipinski definition) is 4. The number of anilines is 1. The van der Waals surface area contributed by atoms with Crippen molar-refractivity contribution < 1.29 is 8.42 Å². The van der Waals surface area contributed by atoms with Crippen LogP contribution in [0.1, 0.15) is 19.8 Å². The summed E-state index contributed by atoms with van der Waals surface area (Å²) in [7, 11) is -0.303. The normalized spacial score (nSPS) is 12.2. The zero-order valence-electron chi connectivity index (χ0n) is 9.84. The van der Waals surface area contributed by atoms with Gasteiger partial charge in [0.25, 0.3) is 0 Å². The van der Waals surface area contributed by atoms with Crippen LogP contribution in [-0.4, -0.2) is 36.1 Å². The molecule has 7 heteroatoms. The van der Waals surface area contributed by atoms with Gasteiger partial charge in [-0.15, -0.1) is 0 Å². The molecule has 1 heterocycles. The Hall–Kier alpha value is -1.08. The van der Waals surface area contributed by atoms with Gasteiger partial charge in [-0.25, -0.2) is 12.7 Å². The van der Waals surface area contributed by atoms with Crippen LogP contribution < -0.4 is 5.73 Å². The van der Waals surface area contributed by atoms with Crippen LogP contribution in [0.4, 0.5) is 5.82 Å². The molecule has 0 saturated carbocycles. The molecule has 1 aromatic heterocycles. The van der Waals surface area contributed by atoms with E-state index in [0.29, 0.717) is 6.54 Å². The molecule has 0 radical (unpaired) electrons. The lowest BCUT2D eigenvalue weighted by Gasteiger charge is -2.15. The molecule has 0 aliphatic carbocycles. The molecule has 1 rings (SSSR count). The molecule has 0 unspecified atom stereocenters. The van der Waals surface area contributed by atoms with E-state index in [1.165, 1.54) is 15.2 Å². The number of nitrogen functional groups attached to an aromatic ring is 1. The fourth-order valence-electron chi connectivity index (χ4n) is 1.35. The zero-order valence-corrected chi connectivity index (χ0v) is 10.7. The van der Waals surface area contributed by atoms with Gasteiger partial charge in [0.05, 0.1) is 0 Å². The fraction of sp³-hybridized carbons (Fsp3) is 0.667. The second kappa shape index (κ2) is 4.84. The highest BCUT2D eigenvalue weighted by molar-refractivity contribution is 7.89. The van der Waals surface area contributed by atoms with Crippen LogP contribution in [-0.2, 0) is 17.1 Å². The van der Waals surface area contributed by atoms with Gasteiger partial charge < -0.3 is 5.73 Å². The minimum atomic E-state index is -3.50. The van der Waals surface area contributed by atoms with Crippen LogP contribution in [0.5, 0.6) is 0 Å². The topological polar surface area (TPSA) is 81.2 Å². The SMILES string of the molecule is CCCCN(C)S(=O)(=O)c1cn(C)nc1N. The second-order valence-corrected chi connectivity index (χ2v) is 5.75. The molecule has 16 heavy (non-hydrogen) atoms. The second-order valence-electron chi connectivity index (χ2n) is 3.73. The monoisotopic (exact) mass is 246 g/mol. The third-order valence-corrected chi connectivity index (χ3v) is 4.21. The van der Waals surface area contributed by atoms with Crippen molar-refractivity contribution in [1.29, 1.82) is 0 Å². The van der Waals surface area contributed by atoms with E-state index in [1.807, 2.05) is 6.92 Å². The quantitative estimate of drug-likeness (QED) is 0.816. The van der Waals surface area contributed by atoms with Gasteiger partial charge in [0, 0.05) is 26.8 Å². The van der Waals surface area contributed by atoms with Crippen molar-refractivity contribution in [3.05, 3.63) is 6.20 Å². The molecule has 2 N–H and O–H groups in total. The summed E-state index contributed by atoms with van der Waals surface area (Å²) in [4.78, 5) is 0.0774. The van der Waals surface area contributed by atoms with Gasteiger partial charge in [0.2, 0.25) is 10.0 Å². The zero-order chi connectivity index (χ0) is 12.3. The highest BCUT2D eigenvalue weighted by Crippen LogP contribution is 2.19. The van der Waals surface area contributed by atoms with Crippen molar-refractivity contribution in [3.8, 4) is 0 Å². The Morgan fingerprint density at radius 3 is 2.62 bits per heavy atom. The lowest BCUT2D eigenvalue weighted by Crippen LogP contribution is -2.28. The fourth-order valence-corrected chi connectivity index (χ4v) is 2.65. The highest BCUT2D eigenvalue weighted by Gasteiger charge is 2.25. The van der Waals surface area contributed by atoms with Gasteiger partial charge in [-0.2, -0.15) is 5.10 Å². The van der Waals surface area contributed by atoms with Gasteiger partial charge in [-0.3, -0.25) is 4.68 Å². The molecule has 1 aromatic rings. The summed E-state index contributed by atoms with van der Waals surface area (Å²) in [6.45, 7) is 2.51. The molecule has 0 fully saturated rings. The van der Waals surface area contributed by atoms with E-state index in [2.05, 4.69) is 5.10 Å². The minimum absolute atomic E-state index is 0.0471. The maximum absolute atomic E-state index is 12.1. The molecule has 0 spiro atoms. The first-order valence-electron chi connectivity index (χ1n) is 5.15. The molecule has 0 bridgehead atoms. The largest absolute Gasteiger partial charge is 0.381 e. The van der Waals surface area contributed by atoms with Gasteiger partial charge in [-0.05, 0) is 6.42 Å². The summed E-state index contributed by atoms with van der Waals surface area (Å²) in [6.07, 6.45) is 3.20. The van der Waals surface area contributed by atoms with Crippen molar-refractivity contribution >= 4 is 15.8 Å². The first kappa shape index (κ1) is 13.0. The Morgan fingerprint density at radius 2 is 2.19 bits per heavy atom. The minimum Gasteiger partial charge on any atom is -0.381 e. The molecule has 0 aliphatic rings. The van der Waals surface area contributed by atoms with E-state index < -0.39 is 10.0 Å². The summed E-state index contributed by atoms with van der Waals surface area (Å²) in [5.41, 5.74) is 5.56. The average molecular weight is 246 g/mol. The number of aromatic nitrogens is 2. The van der Waals surface area contributed by atoms with Crippen LogP contribution >= 0.6 is 0 Å². The predicted molar refractivity (Wildman–Crippen MR) is 62.3 cm³/mol. The van der Waals surface area contributed by atoms with Crippen LogP contribution in [0, 0.1) is 0 Å². The maximum atomic E-state index is 12.1. The molecule has 0 aliphatic heterocycles. The third-order valence-electron chi connectivity index (χ3n) is 2.34. The van der Waals surface area contributed by atoms with E-state index in [4.69, 9.17) is 5.73 Å². The van der Waals surface area contributed by atoms with Crippen LogP contribution in [0.3, 0.4) is 0 Å². The number of rotatable bonds is 5. The number of aryl methyl sites for hydroxylation is 1. The van der Waals surface area contributed by atoms with E-state index in [0.717, 1.165) is 12.8 Å². The van der Waals surface area contributed by atoms with Crippen LogP contribution in [0.15, 0.2) is 11.1 Å².